The van der Waals surface area contributed by atoms with Crippen LogP contribution in [-0.2, 0) is 11.3 Å². The predicted octanol–water partition coefficient (Wildman–Crippen LogP) is 4.34. The summed E-state index contributed by atoms with van der Waals surface area (Å²) in [5.41, 5.74) is 2.42. The van der Waals surface area contributed by atoms with E-state index in [0.29, 0.717) is 25.1 Å². The van der Waals surface area contributed by atoms with Crippen molar-refractivity contribution in [3.05, 3.63) is 76.5 Å². The Hall–Kier alpha value is -3.12. The molecule has 1 aliphatic heterocycles. The fourth-order valence-electron chi connectivity index (χ4n) is 3.86. The Labute approximate surface area is 180 Å². The molecule has 0 spiro atoms. The van der Waals surface area contributed by atoms with Crippen molar-refractivity contribution in [1.82, 2.24) is 10.2 Å². The number of carbonyl (C=O) groups is 2. The molecule has 1 saturated heterocycles. The van der Waals surface area contributed by atoms with Gasteiger partial charge in [0.1, 0.15) is 11.8 Å². The fraction of sp³-hybridized carbons (Fsp3) is 0.250. The summed E-state index contributed by atoms with van der Waals surface area (Å²) in [5.74, 6) is 0.560. The summed E-state index contributed by atoms with van der Waals surface area (Å²) in [6.45, 7) is 1.09. The van der Waals surface area contributed by atoms with Crippen LogP contribution in [0.5, 0.6) is 5.75 Å². The minimum Gasteiger partial charge on any atom is -0.496 e. The first kappa shape index (κ1) is 20.2. The predicted molar refractivity (Wildman–Crippen MR) is 119 cm³/mol. The fourth-order valence-corrected chi connectivity index (χ4v) is 4.50. The lowest BCUT2D eigenvalue weighted by Gasteiger charge is -2.24. The molecule has 4 rings (SSSR count). The minimum absolute atomic E-state index is 0.0878. The normalized spacial score (nSPS) is 15.8. The highest BCUT2D eigenvalue weighted by atomic mass is 32.1. The van der Waals surface area contributed by atoms with Crippen LogP contribution >= 0.6 is 11.3 Å². The molecule has 30 heavy (non-hydrogen) atoms. The highest BCUT2D eigenvalue weighted by Gasteiger charge is 2.34. The van der Waals surface area contributed by atoms with Crippen LogP contribution in [0.3, 0.4) is 0 Å². The molecule has 2 aromatic carbocycles. The standard InChI is InChI=1S/C24H24N2O3S/c1-29-22-12-3-2-10-20(22)17-7-4-8-18(15-17)24(28)26-13-5-11-21(26)23(27)25-16-19-9-6-14-30-19/h2-4,6-10,12,14-15,21H,5,11,13,16H2,1H3,(H,25,27)/t21-/m0/s1. The van der Waals surface area contributed by atoms with Crippen molar-refractivity contribution in [2.24, 2.45) is 0 Å². The van der Waals surface area contributed by atoms with Crippen molar-refractivity contribution < 1.29 is 14.3 Å². The van der Waals surface area contributed by atoms with Crippen molar-refractivity contribution in [3.8, 4) is 16.9 Å². The minimum atomic E-state index is -0.424. The molecule has 154 valence electrons. The summed E-state index contributed by atoms with van der Waals surface area (Å²) in [5, 5.41) is 4.96. The van der Waals surface area contributed by atoms with Crippen LogP contribution < -0.4 is 10.1 Å². The van der Waals surface area contributed by atoms with Gasteiger partial charge in [0.25, 0.3) is 5.91 Å². The van der Waals surface area contributed by atoms with Gasteiger partial charge in [-0.25, -0.2) is 0 Å². The lowest BCUT2D eigenvalue weighted by molar-refractivity contribution is -0.125. The number of ether oxygens (including phenoxy) is 1. The molecule has 5 nitrogen and oxygen atoms in total. The van der Waals surface area contributed by atoms with Crippen LogP contribution in [0.25, 0.3) is 11.1 Å². The number of amides is 2. The average Bonchev–Trinajstić information content (AvgIpc) is 3.49. The lowest BCUT2D eigenvalue weighted by Crippen LogP contribution is -2.45. The number of para-hydroxylation sites is 1. The van der Waals surface area contributed by atoms with Gasteiger partial charge in [0.15, 0.2) is 0 Å². The molecular formula is C24H24N2O3S. The zero-order valence-electron chi connectivity index (χ0n) is 16.8. The number of nitrogens with one attached hydrogen (secondary N) is 1. The Balaban J connectivity index is 1.51. The molecule has 0 aliphatic carbocycles. The van der Waals surface area contributed by atoms with Crippen molar-refractivity contribution in [1.29, 1.82) is 0 Å². The molecule has 0 unspecified atom stereocenters. The lowest BCUT2D eigenvalue weighted by atomic mass is 10.0. The topological polar surface area (TPSA) is 58.6 Å². The molecule has 0 radical (unpaired) electrons. The van der Waals surface area contributed by atoms with Crippen molar-refractivity contribution >= 4 is 23.2 Å². The number of benzene rings is 2. The van der Waals surface area contributed by atoms with E-state index in [-0.39, 0.29) is 11.8 Å². The number of nitrogens with zero attached hydrogens (tertiary/aromatic N) is 1. The van der Waals surface area contributed by atoms with Gasteiger partial charge in [0, 0.05) is 22.5 Å². The second kappa shape index (κ2) is 9.13. The molecule has 1 atom stereocenters. The summed E-state index contributed by atoms with van der Waals surface area (Å²) in [6, 6.07) is 18.8. The van der Waals surface area contributed by atoms with Crippen LogP contribution in [0.4, 0.5) is 0 Å². The van der Waals surface area contributed by atoms with Crippen molar-refractivity contribution in [2.45, 2.75) is 25.4 Å². The largest absolute Gasteiger partial charge is 0.496 e. The quantitative estimate of drug-likeness (QED) is 0.645. The van der Waals surface area contributed by atoms with Gasteiger partial charge in [-0.1, -0.05) is 36.4 Å². The molecule has 1 aliphatic rings. The number of hydrogen-bond donors (Lipinski definition) is 1. The number of rotatable bonds is 6. The van der Waals surface area contributed by atoms with Gasteiger partial charge in [0.2, 0.25) is 5.91 Å². The van der Waals surface area contributed by atoms with E-state index in [0.717, 1.165) is 28.2 Å². The van der Waals surface area contributed by atoms with E-state index in [1.54, 1.807) is 29.4 Å². The Kier molecular flexibility index (Phi) is 6.14. The van der Waals surface area contributed by atoms with Crippen LogP contribution in [0.15, 0.2) is 66.0 Å². The van der Waals surface area contributed by atoms with E-state index >= 15 is 0 Å². The second-order valence-electron chi connectivity index (χ2n) is 7.23. The van der Waals surface area contributed by atoms with Crippen LogP contribution in [0.1, 0.15) is 28.1 Å². The SMILES string of the molecule is COc1ccccc1-c1cccc(C(=O)N2CCC[C@H]2C(=O)NCc2cccs2)c1. The van der Waals surface area contributed by atoms with Gasteiger partial charge < -0.3 is 15.0 Å². The number of thiophene rings is 1. The highest BCUT2D eigenvalue weighted by molar-refractivity contribution is 7.09. The third-order valence-electron chi connectivity index (χ3n) is 5.36. The van der Waals surface area contributed by atoms with Crippen LogP contribution in [0, 0.1) is 0 Å². The summed E-state index contributed by atoms with van der Waals surface area (Å²) in [6.07, 6.45) is 1.52. The maximum Gasteiger partial charge on any atom is 0.254 e. The first-order valence-corrected chi connectivity index (χ1v) is 10.9. The second-order valence-corrected chi connectivity index (χ2v) is 8.27. The maximum atomic E-state index is 13.2. The monoisotopic (exact) mass is 420 g/mol. The van der Waals surface area contributed by atoms with E-state index in [4.69, 9.17) is 4.74 Å². The van der Waals surface area contributed by atoms with Gasteiger partial charge in [-0.3, -0.25) is 9.59 Å². The van der Waals surface area contributed by atoms with E-state index in [1.165, 1.54) is 0 Å². The summed E-state index contributed by atoms with van der Waals surface area (Å²) in [7, 11) is 1.64. The molecule has 1 N–H and O–H groups in total. The molecule has 1 fully saturated rings. The molecule has 2 heterocycles. The Bertz CT molecular complexity index is 1030. The molecule has 0 bridgehead atoms. The maximum absolute atomic E-state index is 13.2. The average molecular weight is 421 g/mol. The molecule has 6 heteroatoms. The number of likely N-dealkylation sites (tertiary alicyclic amines) is 1. The van der Waals surface area contributed by atoms with Gasteiger partial charge in [-0.05, 0) is 48.1 Å². The number of methoxy groups -OCH3 is 1. The van der Waals surface area contributed by atoms with E-state index in [9.17, 15) is 9.59 Å². The first-order chi connectivity index (χ1) is 14.7. The van der Waals surface area contributed by atoms with Gasteiger partial charge in [-0.2, -0.15) is 0 Å². The van der Waals surface area contributed by atoms with Crippen LogP contribution in [0.2, 0.25) is 0 Å². The molecule has 2 amide bonds. The molecular weight excluding hydrogens is 396 g/mol. The van der Waals surface area contributed by atoms with Crippen molar-refractivity contribution in [2.75, 3.05) is 13.7 Å². The summed E-state index contributed by atoms with van der Waals surface area (Å²) < 4.78 is 5.46. The zero-order chi connectivity index (χ0) is 20.9. The van der Waals surface area contributed by atoms with Crippen molar-refractivity contribution in [3.63, 3.8) is 0 Å². The van der Waals surface area contributed by atoms with E-state index in [2.05, 4.69) is 5.32 Å². The van der Waals surface area contributed by atoms with E-state index in [1.807, 2.05) is 60.0 Å². The molecule has 0 saturated carbocycles. The Morgan fingerprint density at radius 2 is 2.00 bits per heavy atom. The number of carbonyl (C=O) groups excluding carboxylic acids is 2. The molecule has 1 aromatic heterocycles. The number of hydrogen-bond acceptors (Lipinski definition) is 4. The van der Waals surface area contributed by atoms with E-state index < -0.39 is 6.04 Å². The van der Waals surface area contributed by atoms with Gasteiger partial charge >= 0.3 is 0 Å². The van der Waals surface area contributed by atoms with Gasteiger partial charge in [0.05, 0.1) is 13.7 Å². The summed E-state index contributed by atoms with van der Waals surface area (Å²) >= 11 is 1.61. The first-order valence-electron chi connectivity index (χ1n) is 10.0. The molecule has 3 aromatic rings. The smallest absolute Gasteiger partial charge is 0.254 e. The summed E-state index contributed by atoms with van der Waals surface area (Å²) in [4.78, 5) is 28.8. The highest BCUT2D eigenvalue weighted by Crippen LogP contribution is 2.30. The Morgan fingerprint density at radius 3 is 2.80 bits per heavy atom. The van der Waals surface area contributed by atoms with Crippen LogP contribution in [-0.4, -0.2) is 36.4 Å². The van der Waals surface area contributed by atoms with Gasteiger partial charge in [-0.15, -0.1) is 11.3 Å². The third kappa shape index (κ3) is 4.24. The Morgan fingerprint density at radius 1 is 1.13 bits per heavy atom. The third-order valence-corrected chi connectivity index (χ3v) is 6.24. The zero-order valence-corrected chi connectivity index (χ0v) is 17.7.